The third-order valence-electron chi connectivity index (χ3n) is 1.80. The number of methoxy groups -OCH3 is 1. The van der Waals surface area contributed by atoms with Crippen molar-refractivity contribution in [1.29, 1.82) is 0 Å². The lowest BCUT2D eigenvalue weighted by atomic mass is 10.6. The van der Waals surface area contributed by atoms with E-state index in [2.05, 4.69) is 15.5 Å². The van der Waals surface area contributed by atoms with Gasteiger partial charge >= 0.3 is 0 Å². The fourth-order valence-corrected chi connectivity index (χ4v) is 1.65. The van der Waals surface area contributed by atoms with Crippen molar-refractivity contribution in [3.8, 4) is 0 Å². The highest BCUT2D eigenvalue weighted by atomic mass is 32.2. The number of aryl methyl sites for hydroxylation is 1. The van der Waals surface area contributed by atoms with Crippen molar-refractivity contribution < 1.29 is 9.53 Å². The number of nitrogens with zero attached hydrogens (tertiary/aromatic N) is 3. The zero-order chi connectivity index (χ0) is 12.0. The van der Waals surface area contributed by atoms with Gasteiger partial charge in [0.25, 0.3) is 0 Å². The molecule has 0 saturated carbocycles. The Kier molecular flexibility index (Phi) is 5.06. The fourth-order valence-electron chi connectivity index (χ4n) is 0.922. The first-order valence-electron chi connectivity index (χ1n) is 4.70. The maximum absolute atomic E-state index is 11.3. The third kappa shape index (κ3) is 3.70. The zero-order valence-corrected chi connectivity index (χ0v) is 10.1. The first-order chi connectivity index (χ1) is 7.65. The normalized spacial score (nSPS) is 10.4. The molecule has 1 aromatic heterocycles. The minimum Gasteiger partial charge on any atom is -0.383 e. The standard InChI is InChI=1S/C8H15N5O2S/c1-6-11-12-8(13(6)9)16-5-7(14)10-3-4-15-2/h3-5,9H2,1-2H3,(H,10,14). The number of nitrogen functional groups attached to an aromatic ring is 1. The summed E-state index contributed by atoms with van der Waals surface area (Å²) in [5.74, 6) is 6.42. The number of carbonyl (C=O) groups excluding carboxylic acids is 1. The van der Waals surface area contributed by atoms with Gasteiger partial charge in [-0.05, 0) is 6.92 Å². The predicted octanol–water partition coefficient (Wildman–Crippen LogP) is -0.845. The minimum atomic E-state index is -0.0808. The maximum Gasteiger partial charge on any atom is 0.230 e. The van der Waals surface area contributed by atoms with E-state index in [-0.39, 0.29) is 11.7 Å². The number of ether oxygens (including phenoxy) is 1. The van der Waals surface area contributed by atoms with Gasteiger partial charge in [0.05, 0.1) is 12.4 Å². The van der Waals surface area contributed by atoms with Crippen LogP contribution in [0.25, 0.3) is 0 Å². The summed E-state index contributed by atoms with van der Waals surface area (Å²) >= 11 is 1.25. The molecule has 0 aromatic carbocycles. The number of hydrogen-bond acceptors (Lipinski definition) is 6. The number of carbonyl (C=O) groups is 1. The first-order valence-corrected chi connectivity index (χ1v) is 5.69. The summed E-state index contributed by atoms with van der Waals surface area (Å²) in [6.07, 6.45) is 0. The Morgan fingerprint density at radius 1 is 1.62 bits per heavy atom. The van der Waals surface area contributed by atoms with Crippen LogP contribution in [0.15, 0.2) is 5.16 Å². The lowest BCUT2D eigenvalue weighted by molar-refractivity contribution is -0.118. The highest BCUT2D eigenvalue weighted by Gasteiger charge is 2.08. The van der Waals surface area contributed by atoms with Crippen LogP contribution in [-0.4, -0.2) is 46.8 Å². The van der Waals surface area contributed by atoms with Crippen LogP contribution in [0.1, 0.15) is 5.82 Å². The molecule has 0 bridgehead atoms. The number of nitrogens with two attached hydrogens (primary N) is 1. The molecule has 90 valence electrons. The molecule has 0 spiro atoms. The van der Waals surface area contributed by atoms with E-state index in [1.165, 1.54) is 16.4 Å². The molecule has 8 heteroatoms. The smallest absolute Gasteiger partial charge is 0.230 e. The summed E-state index contributed by atoms with van der Waals surface area (Å²) in [5, 5.41) is 10.8. The molecule has 1 rings (SSSR count). The zero-order valence-electron chi connectivity index (χ0n) is 9.27. The summed E-state index contributed by atoms with van der Waals surface area (Å²) in [4.78, 5) is 11.3. The number of aromatic nitrogens is 3. The van der Waals surface area contributed by atoms with E-state index in [9.17, 15) is 4.79 Å². The quantitative estimate of drug-likeness (QED) is 0.385. The molecule has 0 atom stereocenters. The van der Waals surface area contributed by atoms with Crippen molar-refractivity contribution in [2.45, 2.75) is 12.1 Å². The van der Waals surface area contributed by atoms with Crippen LogP contribution in [0.5, 0.6) is 0 Å². The Bertz CT molecular complexity index is 354. The monoisotopic (exact) mass is 245 g/mol. The van der Waals surface area contributed by atoms with Gasteiger partial charge in [0.1, 0.15) is 5.82 Å². The lowest BCUT2D eigenvalue weighted by Gasteiger charge is -2.03. The first kappa shape index (κ1) is 12.8. The highest BCUT2D eigenvalue weighted by Crippen LogP contribution is 2.13. The van der Waals surface area contributed by atoms with Gasteiger partial charge in [0.15, 0.2) is 0 Å². The molecular formula is C8H15N5O2S. The molecular weight excluding hydrogens is 230 g/mol. The third-order valence-corrected chi connectivity index (χ3v) is 2.74. The topological polar surface area (TPSA) is 95.1 Å². The number of hydrogen-bond donors (Lipinski definition) is 2. The van der Waals surface area contributed by atoms with Crippen molar-refractivity contribution in [3.63, 3.8) is 0 Å². The van der Waals surface area contributed by atoms with Gasteiger partial charge in [-0.25, -0.2) is 4.68 Å². The van der Waals surface area contributed by atoms with Gasteiger partial charge in [-0.15, -0.1) is 10.2 Å². The SMILES string of the molecule is COCCNC(=O)CSc1nnc(C)n1N. The van der Waals surface area contributed by atoms with Crippen LogP contribution < -0.4 is 11.2 Å². The van der Waals surface area contributed by atoms with Gasteiger partial charge in [0, 0.05) is 13.7 Å². The van der Waals surface area contributed by atoms with Crippen LogP contribution in [0.2, 0.25) is 0 Å². The van der Waals surface area contributed by atoms with E-state index in [4.69, 9.17) is 10.6 Å². The number of amides is 1. The van der Waals surface area contributed by atoms with Crippen LogP contribution >= 0.6 is 11.8 Å². The van der Waals surface area contributed by atoms with Crippen molar-refractivity contribution in [1.82, 2.24) is 20.2 Å². The van der Waals surface area contributed by atoms with Crippen molar-refractivity contribution in [2.75, 3.05) is 31.9 Å². The van der Waals surface area contributed by atoms with Crippen molar-refractivity contribution in [2.24, 2.45) is 0 Å². The second-order valence-corrected chi connectivity index (χ2v) is 3.97. The molecule has 0 saturated heterocycles. The molecule has 0 aliphatic heterocycles. The molecule has 0 aliphatic carbocycles. The Labute approximate surface area is 97.7 Å². The lowest BCUT2D eigenvalue weighted by Crippen LogP contribution is -2.28. The van der Waals surface area contributed by atoms with E-state index < -0.39 is 0 Å². The molecule has 16 heavy (non-hydrogen) atoms. The van der Waals surface area contributed by atoms with Gasteiger partial charge < -0.3 is 15.9 Å². The Balaban J connectivity index is 2.29. The average molecular weight is 245 g/mol. The Hall–Kier alpha value is -1.28. The fraction of sp³-hybridized carbons (Fsp3) is 0.625. The largest absolute Gasteiger partial charge is 0.383 e. The van der Waals surface area contributed by atoms with Gasteiger partial charge in [-0.3, -0.25) is 4.79 Å². The van der Waals surface area contributed by atoms with Gasteiger partial charge in [0.2, 0.25) is 11.1 Å². The second kappa shape index (κ2) is 6.33. The Morgan fingerprint density at radius 2 is 2.38 bits per heavy atom. The maximum atomic E-state index is 11.3. The minimum absolute atomic E-state index is 0.0808. The number of rotatable bonds is 6. The molecule has 1 aromatic rings. The van der Waals surface area contributed by atoms with Gasteiger partial charge in [-0.1, -0.05) is 11.8 Å². The summed E-state index contributed by atoms with van der Waals surface area (Å²) in [7, 11) is 1.58. The molecule has 3 N–H and O–H groups in total. The molecule has 0 radical (unpaired) electrons. The predicted molar refractivity (Wildman–Crippen MR) is 60.5 cm³/mol. The van der Waals surface area contributed by atoms with Crippen LogP contribution in [0, 0.1) is 6.92 Å². The molecule has 1 heterocycles. The summed E-state index contributed by atoms with van der Waals surface area (Å²) in [6.45, 7) is 2.75. The van der Waals surface area contributed by atoms with Crippen LogP contribution in [-0.2, 0) is 9.53 Å². The average Bonchev–Trinajstić information content (AvgIpc) is 2.58. The Morgan fingerprint density at radius 3 is 2.94 bits per heavy atom. The second-order valence-electron chi connectivity index (χ2n) is 3.03. The summed E-state index contributed by atoms with van der Waals surface area (Å²) in [6, 6.07) is 0. The van der Waals surface area contributed by atoms with E-state index in [1.807, 2.05) is 0 Å². The van der Waals surface area contributed by atoms with E-state index in [0.717, 1.165) is 0 Å². The molecule has 0 unspecified atom stereocenters. The number of nitrogens with one attached hydrogen (secondary N) is 1. The molecule has 1 amide bonds. The molecule has 0 aliphatic rings. The van der Waals surface area contributed by atoms with E-state index >= 15 is 0 Å². The molecule has 0 fully saturated rings. The highest BCUT2D eigenvalue weighted by molar-refractivity contribution is 7.99. The van der Waals surface area contributed by atoms with Gasteiger partial charge in [-0.2, -0.15) is 0 Å². The van der Waals surface area contributed by atoms with E-state index in [0.29, 0.717) is 24.1 Å². The number of thioether (sulfide) groups is 1. The summed E-state index contributed by atoms with van der Waals surface area (Å²) < 4.78 is 6.16. The van der Waals surface area contributed by atoms with Crippen molar-refractivity contribution >= 4 is 17.7 Å². The van der Waals surface area contributed by atoms with Crippen LogP contribution in [0.3, 0.4) is 0 Å². The van der Waals surface area contributed by atoms with Crippen LogP contribution in [0.4, 0.5) is 0 Å². The van der Waals surface area contributed by atoms with E-state index in [1.54, 1.807) is 14.0 Å². The molecule has 7 nitrogen and oxygen atoms in total. The van der Waals surface area contributed by atoms with Crippen molar-refractivity contribution in [3.05, 3.63) is 5.82 Å². The summed E-state index contributed by atoms with van der Waals surface area (Å²) in [5.41, 5.74) is 0.